The van der Waals surface area contributed by atoms with E-state index in [1.165, 1.54) is 6.07 Å². The van der Waals surface area contributed by atoms with Crippen LogP contribution in [-0.4, -0.2) is 11.0 Å². The molecule has 1 heterocycles. The first-order valence-electron chi connectivity index (χ1n) is 6.52. The van der Waals surface area contributed by atoms with Crippen LogP contribution in [0.1, 0.15) is 18.9 Å². The molecule has 21 heavy (non-hydrogen) atoms. The van der Waals surface area contributed by atoms with Gasteiger partial charge in [0.2, 0.25) is 5.88 Å². The van der Waals surface area contributed by atoms with Crippen LogP contribution in [0.5, 0.6) is 11.6 Å². The zero-order valence-corrected chi connectivity index (χ0v) is 13.7. The summed E-state index contributed by atoms with van der Waals surface area (Å²) in [4.78, 5) is 4.24. The van der Waals surface area contributed by atoms with E-state index in [-0.39, 0.29) is 6.04 Å². The minimum atomic E-state index is 0.142. The monoisotopic (exact) mass is 344 g/mol. The summed E-state index contributed by atoms with van der Waals surface area (Å²) in [5.74, 6) is 0.848. The molecule has 0 saturated heterocycles. The Kier molecular flexibility index (Phi) is 5.71. The van der Waals surface area contributed by atoms with Gasteiger partial charge in [-0.15, -0.1) is 0 Å². The number of nitrogens with two attached hydrogens (primary N) is 1. The molecule has 0 saturated carbocycles. The number of halogens is 3. The number of hydrogen-bond donors (Lipinski definition) is 1. The van der Waals surface area contributed by atoms with Gasteiger partial charge in [0.1, 0.15) is 5.75 Å². The van der Waals surface area contributed by atoms with Gasteiger partial charge in [0.15, 0.2) is 0 Å². The predicted molar refractivity (Wildman–Crippen MR) is 87.8 cm³/mol. The Labute approximate surface area is 139 Å². The van der Waals surface area contributed by atoms with E-state index in [1.54, 1.807) is 18.3 Å². The molecular weight excluding hydrogens is 331 g/mol. The largest absolute Gasteiger partial charge is 0.437 e. The fourth-order valence-electron chi connectivity index (χ4n) is 1.73. The minimum Gasteiger partial charge on any atom is -0.437 e. The number of hydrogen-bond acceptors (Lipinski definition) is 3. The highest BCUT2D eigenvalue weighted by atomic mass is 35.5. The molecular formula is C15H15Cl3N2O. The number of aromatic nitrogens is 1. The zero-order chi connectivity index (χ0) is 15.4. The zero-order valence-electron chi connectivity index (χ0n) is 11.4. The van der Waals surface area contributed by atoms with Crippen LogP contribution in [0.4, 0.5) is 0 Å². The molecule has 0 fully saturated rings. The van der Waals surface area contributed by atoms with Crippen LogP contribution in [0.25, 0.3) is 0 Å². The maximum Gasteiger partial charge on any atom is 0.219 e. The minimum absolute atomic E-state index is 0.142. The van der Waals surface area contributed by atoms with Gasteiger partial charge < -0.3 is 10.5 Å². The molecule has 2 rings (SSSR count). The summed E-state index contributed by atoms with van der Waals surface area (Å²) < 4.78 is 5.61. The summed E-state index contributed by atoms with van der Waals surface area (Å²) >= 11 is 17.9. The lowest BCUT2D eigenvalue weighted by atomic mass is 10.1. The standard InChI is InChI=1S/C15H15Cl3N2O/c1-2-10(19)5-9-3-4-15(20-8-9)21-14-7-12(17)11(16)6-13(14)18/h3-4,6-8,10H,2,5,19H2,1H3. The van der Waals surface area contributed by atoms with Crippen molar-refractivity contribution in [1.82, 2.24) is 4.98 Å². The summed E-state index contributed by atoms with van der Waals surface area (Å²) in [7, 11) is 0. The predicted octanol–water partition coefficient (Wildman–Crippen LogP) is 5.11. The van der Waals surface area contributed by atoms with Gasteiger partial charge in [0.05, 0.1) is 15.1 Å². The van der Waals surface area contributed by atoms with E-state index in [0.29, 0.717) is 26.7 Å². The second kappa shape index (κ2) is 7.32. The van der Waals surface area contributed by atoms with E-state index in [9.17, 15) is 0 Å². The second-order valence-corrected chi connectivity index (χ2v) is 5.90. The third-order valence-corrected chi connectivity index (χ3v) is 4.03. The fourth-order valence-corrected chi connectivity index (χ4v) is 2.31. The Bertz CT molecular complexity index is 617. The van der Waals surface area contributed by atoms with Crippen molar-refractivity contribution < 1.29 is 4.74 Å². The molecule has 1 unspecified atom stereocenters. The van der Waals surface area contributed by atoms with Gasteiger partial charge in [-0.05, 0) is 24.5 Å². The van der Waals surface area contributed by atoms with Crippen LogP contribution in [-0.2, 0) is 6.42 Å². The average Bonchev–Trinajstić information content (AvgIpc) is 2.46. The third-order valence-electron chi connectivity index (χ3n) is 3.01. The molecule has 0 aliphatic carbocycles. The van der Waals surface area contributed by atoms with E-state index >= 15 is 0 Å². The maximum absolute atomic E-state index is 6.06. The molecule has 1 atom stereocenters. The highest BCUT2D eigenvalue weighted by Crippen LogP contribution is 2.35. The Balaban J connectivity index is 2.12. The van der Waals surface area contributed by atoms with Crippen molar-refractivity contribution in [3.05, 3.63) is 51.1 Å². The van der Waals surface area contributed by atoms with Gasteiger partial charge in [-0.1, -0.05) is 47.8 Å². The Morgan fingerprint density at radius 3 is 2.48 bits per heavy atom. The number of benzene rings is 1. The molecule has 3 nitrogen and oxygen atoms in total. The van der Waals surface area contributed by atoms with Crippen molar-refractivity contribution in [2.45, 2.75) is 25.8 Å². The van der Waals surface area contributed by atoms with E-state index in [2.05, 4.69) is 11.9 Å². The molecule has 2 N–H and O–H groups in total. The molecule has 1 aromatic heterocycles. The Morgan fingerprint density at radius 1 is 1.14 bits per heavy atom. The van der Waals surface area contributed by atoms with Gasteiger partial charge >= 0.3 is 0 Å². The summed E-state index contributed by atoms with van der Waals surface area (Å²) in [6, 6.07) is 6.95. The van der Waals surface area contributed by atoms with Crippen molar-refractivity contribution in [3.8, 4) is 11.6 Å². The molecule has 0 spiro atoms. The van der Waals surface area contributed by atoms with Gasteiger partial charge in [-0.2, -0.15) is 0 Å². The maximum atomic E-state index is 6.06. The lowest BCUT2D eigenvalue weighted by molar-refractivity contribution is 0.462. The first kappa shape index (κ1) is 16.4. The van der Waals surface area contributed by atoms with E-state index < -0.39 is 0 Å². The van der Waals surface area contributed by atoms with Crippen molar-refractivity contribution in [3.63, 3.8) is 0 Å². The highest BCUT2D eigenvalue weighted by Gasteiger charge is 2.09. The Morgan fingerprint density at radius 2 is 1.86 bits per heavy atom. The summed E-state index contributed by atoms with van der Waals surface area (Å²) in [5.41, 5.74) is 6.98. The van der Waals surface area contributed by atoms with Gasteiger partial charge in [-0.3, -0.25) is 0 Å². The summed E-state index contributed by atoms with van der Waals surface area (Å²) in [6.07, 6.45) is 3.46. The lowest BCUT2D eigenvalue weighted by Gasteiger charge is -2.10. The van der Waals surface area contributed by atoms with Crippen molar-refractivity contribution >= 4 is 34.8 Å². The van der Waals surface area contributed by atoms with Crippen LogP contribution >= 0.6 is 34.8 Å². The highest BCUT2D eigenvalue weighted by molar-refractivity contribution is 6.43. The van der Waals surface area contributed by atoms with Crippen LogP contribution in [0, 0.1) is 0 Å². The smallest absolute Gasteiger partial charge is 0.219 e. The SMILES string of the molecule is CCC(N)Cc1ccc(Oc2cc(Cl)c(Cl)cc2Cl)nc1. The quantitative estimate of drug-likeness (QED) is 0.766. The van der Waals surface area contributed by atoms with Crippen LogP contribution < -0.4 is 10.5 Å². The van der Waals surface area contributed by atoms with Crippen molar-refractivity contribution in [1.29, 1.82) is 0 Å². The average molecular weight is 346 g/mol. The van der Waals surface area contributed by atoms with Gasteiger partial charge in [-0.25, -0.2) is 4.98 Å². The molecule has 0 aliphatic heterocycles. The number of nitrogens with zero attached hydrogens (tertiary/aromatic N) is 1. The molecule has 1 aromatic carbocycles. The first-order chi connectivity index (χ1) is 9.99. The number of rotatable bonds is 5. The first-order valence-corrected chi connectivity index (χ1v) is 7.66. The number of ether oxygens (including phenoxy) is 1. The van der Waals surface area contributed by atoms with Gasteiger partial charge in [0, 0.05) is 24.4 Å². The van der Waals surface area contributed by atoms with Crippen LogP contribution in [0.3, 0.4) is 0 Å². The van der Waals surface area contributed by atoms with E-state index in [4.69, 9.17) is 45.3 Å². The number of pyridine rings is 1. The normalized spacial score (nSPS) is 12.2. The Hall–Kier alpha value is -1.000. The fraction of sp³-hybridized carbons (Fsp3) is 0.267. The lowest BCUT2D eigenvalue weighted by Crippen LogP contribution is -2.21. The van der Waals surface area contributed by atoms with E-state index in [0.717, 1.165) is 18.4 Å². The van der Waals surface area contributed by atoms with Crippen LogP contribution in [0.15, 0.2) is 30.5 Å². The van der Waals surface area contributed by atoms with Gasteiger partial charge in [0.25, 0.3) is 0 Å². The molecule has 0 amide bonds. The summed E-state index contributed by atoms with van der Waals surface area (Å²) in [6.45, 7) is 2.06. The van der Waals surface area contributed by atoms with E-state index in [1.807, 2.05) is 6.07 Å². The molecule has 112 valence electrons. The molecule has 0 bridgehead atoms. The molecule has 0 radical (unpaired) electrons. The molecule has 2 aromatic rings. The summed E-state index contributed by atoms with van der Waals surface area (Å²) in [5, 5.41) is 1.13. The topological polar surface area (TPSA) is 48.1 Å². The molecule has 6 heteroatoms. The van der Waals surface area contributed by atoms with Crippen molar-refractivity contribution in [2.24, 2.45) is 5.73 Å². The van der Waals surface area contributed by atoms with Crippen LogP contribution in [0.2, 0.25) is 15.1 Å². The molecule has 0 aliphatic rings. The second-order valence-electron chi connectivity index (χ2n) is 4.68. The van der Waals surface area contributed by atoms with Crippen molar-refractivity contribution in [2.75, 3.05) is 0 Å². The third kappa shape index (κ3) is 4.48.